The summed E-state index contributed by atoms with van der Waals surface area (Å²) in [6.45, 7) is -0.985. The maximum absolute atomic E-state index is 12.2. The van der Waals surface area contributed by atoms with Crippen LogP contribution in [0.3, 0.4) is 0 Å². The normalized spacial score (nSPS) is 14.4. The molecule has 0 saturated heterocycles. The van der Waals surface area contributed by atoms with Gasteiger partial charge < -0.3 is 15.3 Å². The van der Waals surface area contributed by atoms with Gasteiger partial charge in [-0.05, 0) is 6.42 Å². The number of rotatable bonds is 7. The summed E-state index contributed by atoms with van der Waals surface area (Å²) in [4.78, 5) is 22.1. The lowest BCUT2D eigenvalue weighted by Gasteiger charge is -2.22. The highest BCUT2D eigenvalue weighted by Crippen LogP contribution is 2.16. The van der Waals surface area contributed by atoms with Crippen LogP contribution in [0.5, 0.6) is 0 Å². The first-order chi connectivity index (χ1) is 9.03. The van der Waals surface area contributed by atoms with Crippen molar-refractivity contribution in [2.24, 2.45) is 0 Å². The van der Waals surface area contributed by atoms with Crippen molar-refractivity contribution in [1.29, 1.82) is 0 Å². The lowest BCUT2D eigenvalue weighted by molar-refractivity contribution is -0.148. The molecular formula is C10H17F3N2O4S. The van der Waals surface area contributed by atoms with E-state index in [1.807, 2.05) is 0 Å². The van der Waals surface area contributed by atoms with Crippen LogP contribution in [0, 0.1) is 0 Å². The maximum atomic E-state index is 12.2. The summed E-state index contributed by atoms with van der Waals surface area (Å²) in [5, 5.41) is 10.5. The van der Waals surface area contributed by atoms with Crippen molar-refractivity contribution in [2.75, 3.05) is 25.9 Å². The highest BCUT2D eigenvalue weighted by molar-refractivity contribution is 7.84. The molecule has 0 bridgehead atoms. The molecule has 0 aromatic rings. The van der Waals surface area contributed by atoms with Crippen LogP contribution in [0.1, 0.15) is 13.3 Å². The summed E-state index contributed by atoms with van der Waals surface area (Å²) in [5.41, 5.74) is 0. The number of alkyl halides is 3. The van der Waals surface area contributed by atoms with E-state index >= 15 is 0 Å². The average Bonchev–Trinajstić information content (AvgIpc) is 2.24. The molecule has 2 unspecified atom stereocenters. The highest BCUT2D eigenvalue weighted by Gasteiger charge is 2.33. The van der Waals surface area contributed by atoms with Crippen molar-refractivity contribution in [3.63, 3.8) is 0 Å². The van der Waals surface area contributed by atoms with E-state index < -0.39 is 42.1 Å². The van der Waals surface area contributed by atoms with Gasteiger partial charge in [0.25, 0.3) is 0 Å². The molecule has 2 atom stereocenters. The Balaban J connectivity index is 4.41. The first-order valence-electron chi connectivity index (χ1n) is 5.66. The van der Waals surface area contributed by atoms with Gasteiger partial charge in [0.1, 0.15) is 13.1 Å². The molecule has 0 aliphatic rings. The Morgan fingerprint density at radius 1 is 1.40 bits per heavy atom. The van der Waals surface area contributed by atoms with Crippen molar-refractivity contribution < 1.29 is 32.1 Å². The Labute approximate surface area is 116 Å². The molecule has 0 fully saturated rings. The largest absolute Gasteiger partial charge is 0.480 e. The molecule has 2 N–H and O–H groups in total. The fraction of sp³-hybridized carbons (Fsp3) is 0.800. The lowest BCUT2D eigenvalue weighted by atomic mass is 10.3. The minimum Gasteiger partial charge on any atom is -0.480 e. The Hall–Kier alpha value is -1.32. The third-order valence-corrected chi connectivity index (χ3v) is 3.75. The number of carboxylic acid groups (broad SMARTS) is 1. The lowest BCUT2D eigenvalue weighted by Crippen LogP contribution is -2.47. The minimum atomic E-state index is -4.68. The number of carbonyl (C=O) groups is 2. The molecule has 118 valence electrons. The number of carbonyl (C=O) groups excluding carboxylic acids is 1. The van der Waals surface area contributed by atoms with Gasteiger partial charge >= 0.3 is 18.2 Å². The summed E-state index contributed by atoms with van der Waals surface area (Å²) in [6.07, 6.45) is -2.88. The van der Waals surface area contributed by atoms with Gasteiger partial charge in [0, 0.05) is 28.9 Å². The van der Waals surface area contributed by atoms with Crippen LogP contribution in [0.25, 0.3) is 0 Å². The first-order valence-corrected chi connectivity index (χ1v) is 7.28. The summed E-state index contributed by atoms with van der Waals surface area (Å²) < 4.78 is 47.7. The second-order valence-electron chi connectivity index (χ2n) is 4.19. The van der Waals surface area contributed by atoms with E-state index in [1.165, 1.54) is 6.26 Å². The molecule has 20 heavy (non-hydrogen) atoms. The number of carboxylic acids is 1. The third-order valence-electron chi connectivity index (χ3n) is 2.38. The summed E-state index contributed by atoms with van der Waals surface area (Å²) >= 11 is 0. The zero-order chi connectivity index (χ0) is 15.9. The molecule has 6 nitrogen and oxygen atoms in total. The minimum absolute atomic E-state index is 0.0214. The van der Waals surface area contributed by atoms with E-state index in [2.05, 4.69) is 5.32 Å². The zero-order valence-electron chi connectivity index (χ0n) is 11.1. The monoisotopic (exact) mass is 318 g/mol. The highest BCUT2D eigenvalue weighted by atomic mass is 32.2. The van der Waals surface area contributed by atoms with Crippen LogP contribution in [0.4, 0.5) is 18.0 Å². The number of urea groups is 1. The maximum Gasteiger partial charge on any atom is 0.406 e. The van der Waals surface area contributed by atoms with Crippen molar-refractivity contribution in [2.45, 2.75) is 24.8 Å². The molecular weight excluding hydrogens is 301 g/mol. The van der Waals surface area contributed by atoms with E-state index in [-0.39, 0.29) is 16.7 Å². The second-order valence-corrected chi connectivity index (χ2v) is 6.00. The number of aliphatic carboxylic acids is 1. The van der Waals surface area contributed by atoms with Gasteiger partial charge in [-0.15, -0.1) is 0 Å². The topological polar surface area (TPSA) is 86.7 Å². The fourth-order valence-electron chi connectivity index (χ4n) is 1.24. The van der Waals surface area contributed by atoms with Gasteiger partial charge in [-0.2, -0.15) is 13.2 Å². The van der Waals surface area contributed by atoms with Gasteiger partial charge in [-0.1, -0.05) is 6.92 Å². The van der Waals surface area contributed by atoms with Gasteiger partial charge in [0.05, 0.1) is 0 Å². The van der Waals surface area contributed by atoms with Crippen LogP contribution in [-0.2, 0) is 15.6 Å². The number of hydrogen-bond acceptors (Lipinski definition) is 3. The smallest absolute Gasteiger partial charge is 0.406 e. The first kappa shape index (κ1) is 18.7. The van der Waals surface area contributed by atoms with Crippen molar-refractivity contribution in [3.8, 4) is 0 Å². The number of nitrogens with one attached hydrogen (secondary N) is 1. The van der Waals surface area contributed by atoms with Crippen molar-refractivity contribution in [1.82, 2.24) is 10.2 Å². The van der Waals surface area contributed by atoms with Crippen LogP contribution < -0.4 is 5.32 Å². The summed E-state index contributed by atoms with van der Waals surface area (Å²) in [5.74, 6) is -1.53. The molecule has 0 saturated carbocycles. The number of amides is 2. The molecule has 10 heteroatoms. The number of hydrogen-bond donors (Lipinski definition) is 2. The molecule has 0 heterocycles. The zero-order valence-corrected chi connectivity index (χ0v) is 11.9. The van der Waals surface area contributed by atoms with Crippen LogP contribution in [0.15, 0.2) is 0 Å². The molecule has 0 aliphatic carbocycles. The van der Waals surface area contributed by atoms with Crippen molar-refractivity contribution >= 4 is 22.8 Å². The fourth-order valence-corrected chi connectivity index (χ4v) is 1.69. The number of halogens is 3. The summed E-state index contributed by atoms with van der Waals surface area (Å²) in [7, 11) is -1.10. The van der Waals surface area contributed by atoms with E-state index in [1.54, 1.807) is 6.92 Å². The van der Waals surface area contributed by atoms with Gasteiger partial charge in [0.15, 0.2) is 0 Å². The predicted molar refractivity (Wildman–Crippen MR) is 66.8 cm³/mol. The molecule has 2 amide bonds. The molecule has 0 aliphatic heterocycles. The molecule has 0 aromatic carbocycles. The van der Waals surface area contributed by atoms with Crippen molar-refractivity contribution in [3.05, 3.63) is 0 Å². The second kappa shape index (κ2) is 8.08. The molecule has 0 spiro atoms. The van der Waals surface area contributed by atoms with Gasteiger partial charge in [0.2, 0.25) is 0 Å². The molecule has 0 rings (SSSR count). The SMILES string of the molecule is CC(CCNC(=O)N(CC(=O)O)CC(F)(F)F)S(C)=O. The Bertz CT molecular complexity index is 376. The Morgan fingerprint density at radius 3 is 2.35 bits per heavy atom. The Kier molecular flexibility index (Phi) is 7.54. The molecule has 0 aromatic heterocycles. The van der Waals surface area contributed by atoms with Gasteiger partial charge in [-0.25, -0.2) is 4.79 Å². The standard InChI is InChI=1S/C10H17F3N2O4S/c1-7(20(2)19)3-4-14-9(18)15(5-8(16)17)6-10(11,12)13/h7H,3-6H2,1-2H3,(H,14,18)(H,16,17). The van der Waals surface area contributed by atoms with Crippen LogP contribution in [0.2, 0.25) is 0 Å². The van der Waals surface area contributed by atoms with E-state index in [9.17, 15) is 27.0 Å². The molecule has 0 radical (unpaired) electrons. The van der Waals surface area contributed by atoms with E-state index in [0.717, 1.165) is 0 Å². The average molecular weight is 318 g/mol. The summed E-state index contributed by atoms with van der Waals surface area (Å²) in [6, 6.07) is -1.11. The third kappa shape index (κ3) is 8.73. The number of nitrogens with zero attached hydrogens (tertiary/aromatic N) is 1. The van der Waals surface area contributed by atoms with E-state index in [0.29, 0.717) is 6.42 Å². The Morgan fingerprint density at radius 2 is 1.95 bits per heavy atom. The van der Waals surface area contributed by atoms with Gasteiger partial charge in [-0.3, -0.25) is 9.00 Å². The van der Waals surface area contributed by atoms with E-state index in [4.69, 9.17) is 5.11 Å². The quantitative estimate of drug-likeness (QED) is 0.727. The predicted octanol–water partition coefficient (Wildman–Crippen LogP) is 0.802. The van der Waals surface area contributed by atoms with Crippen LogP contribution in [-0.4, -0.2) is 63.5 Å². The van der Waals surface area contributed by atoms with Crippen LogP contribution >= 0.6 is 0 Å².